The highest BCUT2D eigenvalue weighted by Gasteiger charge is 2.04. The standard InChI is InChI=1S/C6H12N2.C2H6/c1-5-3-4-7-6(2)8-5;1-2/h5H,3-4H2,1-2H3,(H,7,8);1-2H3. The van der Waals surface area contributed by atoms with Gasteiger partial charge in [-0.3, -0.25) is 4.99 Å². The number of amidine groups is 1. The average molecular weight is 142 g/mol. The van der Waals surface area contributed by atoms with Crippen LogP contribution in [0.15, 0.2) is 4.99 Å². The molecule has 1 unspecified atom stereocenters. The predicted molar refractivity (Wildman–Crippen MR) is 46.5 cm³/mol. The Morgan fingerprint density at radius 2 is 2.10 bits per heavy atom. The van der Waals surface area contributed by atoms with Crippen molar-refractivity contribution in [2.45, 2.75) is 40.2 Å². The molecule has 0 aromatic rings. The van der Waals surface area contributed by atoms with E-state index in [-0.39, 0.29) is 0 Å². The van der Waals surface area contributed by atoms with Gasteiger partial charge in [-0.1, -0.05) is 13.8 Å². The summed E-state index contributed by atoms with van der Waals surface area (Å²) in [6.45, 7) is 9.19. The van der Waals surface area contributed by atoms with Crippen LogP contribution in [0.1, 0.15) is 34.1 Å². The molecule has 0 amide bonds. The van der Waals surface area contributed by atoms with Crippen LogP contribution >= 0.6 is 0 Å². The molecule has 0 bridgehead atoms. The molecule has 1 aliphatic heterocycles. The summed E-state index contributed by atoms with van der Waals surface area (Å²) in [5, 5.41) is 3.23. The smallest absolute Gasteiger partial charge is 0.0933 e. The lowest BCUT2D eigenvalue weighted by atomic mass is 10.2. The summed E-state index contributed by atoms with van der Waals surface area (Å²) in [6, 6.07) is 0.632. The second kappa shape index (κ2) is 5.27. The third kappa shape index (κ3) is 3.49. The van der Waals surface area contributed by atoms with E-state index in [1.165, 1.54) is 6.42 Å². The van der Waals surface area contributed by atoms with Gasteiger partial charge in [0.1, 0.15) is 0 Å². The van der Waals surface area contributed by atoms with E-state index >= 15 is 0 Å². The SMILES string of the molecule is CC.CC1=NCCC(C)N1. The molecule has 2 nitrogen and oxygen atoms in total. The molecule has 0 aliphatic carbocycles. The first-order valence-corrected chi connectivity index (χ1v) is 4.06. The fourth-order valence-electron chi connectivity index (χ4n) is 0.900. The highest BCUT2D eigenvalue weighted by Crippen LogP contribution is 1.96. The quantitative estimate of drug-likeness (QED) is 0.548. The van der Waals surface area contributed by atoms with Crippen molar-refractivity contribution < 1.29 is 0 Å². The molecule has 1 N–H and O–H groups in total. The Bertz CT molecular complexity index is 108. The minimum absolute atomic E-state index is 0.632. The Balaban J connectivity index is 0.000000371. The Hall–Kier alpha value is -0.530. The first-order valence-electron chi connectivity index (χ1n) is 4.06. The van der Waals surface area contributed by atoms with Crippen LogP contribution in [0.2, 0.25) is 0 Å². The second-order valence-electron chi connectivity index (χ2n) is 2.30. The van der Waals surface area contributed by atoms with Gasteiger partial charge >= 0.3 is 0 Å². The van der Waals surface area contributed by atoms with Gasteiger partial charge in [-0.15, -0.1) is 0 Å². The number of hydrogen-bond acceptors (Lipinski definition) is 2. The zero-order valence-corrected chi connectivity index (χ0v) is 7.44. The molecule has 0 aromatic heterocycles. The van der Waals surface area contributed by atoms with E-state index in [9.17, 15) is 0 Å². The topological polar surface area (TPSA) is 24.4 Å². The Morgan fingerprint density at radius 3 is 2.40 bits per heavy atom. The molecule has 1 aliphatic rings. The van der Waals surface area contributed by atoms with Crippen LogP contribution in [0.5, 0.6) is 0 Å². The molecular weight excluding hydrogens is 124 g/mol. The molecule has 0 spiro atoms. The van der Waals surface area contributed by atoms with E-state index in [0.717, 1.165) is 12.4 Å². The van der Waals surface area contributed by atoms with Crippen LogP contribution in [0.3, 0.4) is 0 Å². The fourth-order valence-corrected chi connectivity index (χ4v) is 0.900. The highest BCUT2D eigenvalue weighted by molar-refractivity contribution is 5.80. The lowest BCUT2D eigenvalue weighted by Crippen LogP contribution is -2.34. The highest BCUT2D eigenvalue weighted by atomic mass is 15.0. The van der Waals surface area contributed by atoms with Crippen molar-refractivity contribution in [3.05, 3.63) is 0 Å². The van der Waals surface area contributed by atoms with Gasteiger partial charge in [0.2, 0.25) is 0 Å². The Morgan fingerprint density at radius 1 is 1.50 bits per heavy atom. The summed E-state index contributed by atoms with van der Waals surface area (Å²) in [5.74, 6) is 1.09. The van der Waals surface area contributed by atoms with E-state index in [2.05, 4.69) is 17.2 Å². The lowest BCUT2D eigenvalue weighted by Gasteiger charge is -2.18. The van der Waals surface area contributed by atoms with Crippen molar-refractivity contribution in [1.29, 1.82) is 0 Å². The van der Waals surface area contributed by atoms with Crippen LogP contribution in [-0.2, 0) is 0 Å². The van der Waals surface area contributed by atoms with E-state index in [1.54, 1.807) is 0 Å². The largest absolute Gasteiger partial charge is 0.372 e. The maximum Gasteiger partial charge on any atom is 0.0933 e. The van der Waals surface area contributed by atoms with E-state index in [0.29, 0.717) is 6.04 Å². The molecule has 0 radical (unpaired) electrons. The number of nitrogens with one attached hydrogen (secondary N) is 1. The minimum atomic E-state index is 0.632. The third-order valence-electron chi connectivity index (χ3n) is 1.37. The summed E-state index contributed by atoms with van der Waals surface area (Å²) >= 11 is 0. The van der Waals surface area contributed by atoms with Crippen LogP contribution in [0.4, 0.5) is 0 Å². The number of nitrogens with zero attached hydrogens (tertiary/aromatic N) is 1. The number of hydrogen-bond donors (Lipinski definition) is 1. The molecule has 1 heterocycles. The maximum absolute atomic E-state index is 4.19. The van der Waals surface area contributed by atoms with E-state index < -0.39 is 0 Å². The summed E-state index contributed by atoms with van der Waals surface area (Å²) in [4.78, 5) is 4.19. The zero-order chi connectivity index (χ0) is 7.98. The van der Waals surface area contributed by atoms with Gasteiger partial charge < -0.3 is 5.32 Å². The lowest BCUT2D eigenvalue weighted by molar-refractivity contribution is 0.586. The van der Waals surface area contributed by atoms with Crippen molar-refractivity contribution in [1.82, 2.24) is 5.32 Å². The summed E-state index contributed by atoms with van der Waals surface area (Å²) in [6.07, 6.45) is 1.18. The summed E-state index contributed by atoms with van der Waals surface area (Å²) in [5.41, 5.74) is 0. The zero-order valence-electron chi connectivity index (χ0n) is 7.44. The molecule has 0 aromatic carbocycles. The van der Waals surface area contributed by atoms with Crippen molar-refractivity contribution in [2.24, 2.45) is 4.99 Å². The summed E-state index contributed by atoms with van der Waals surface area (Å²) in [7, 11) is 0. The summed E-state index contributed by atoms with van der Waals surface area (Å²) < 4.78 is 0. The van der Waals surface area contributed by atoms with Gasteiger partial charge in [0.15, 0.2) is 0 Å². The minimum Gasteiger partial charge on any atom is -0.372 e. The van der Waals surface area contributed by atoms with Crippen LogP contribution in [-0.4, -0.2) is 18.4 Å². The van der Waals surface area contributed by atoms with Crippen molar-refractivity contribution >= 4 is 5.84 Å². The van der Waals surface area contributed by atoms with Gasteiger partial charge in [0.25, 0.3) is 0 Å². The molecule has 2 heteroatoms. The Kier molecular flexibility index (Phi) is 4.99. The van der Waals surface area contributed by atoms with Crippen LogP contribution in [0, 0.1) is 0 Å². The normalized spacial score (nSPS) is 23.6. The van der Waals surface area contributed by atoms with Crippen molar-refractivity contribution in [3.63, 3.8) is 0 Å². The van der Waals surface area contributed by atoms with Crippen molar-refractivity contribution in [3.8, 4) is 0 Å². The molecule has 10 heavy (non-hydrogen) atoms. The number of rotatable bonds is 0. The molecule has 1 atom stereocenters. The van der Waals surface area contributed by atoms with Gasteiger partial charge in [-0.25, -0.2) is 0 Å². The van der Waals surface area contributed by atoms with E-state index in [1.807, 2.05) is 20.8 Å². The van der Waals surface area contributed by atoms with Gasteiger partial charge in [-0.05, 0) is 20.3 Å². The van der Waals surface area contributed by atoms with E-state index in [4.69, 9.17) is 0 Å². The van der Waals surface area contributed by atoms with Gasteiger partial charge in [0, 0.05) is 12.6 Å². The molecule has 1 rings (SSSR count). The molecule has 0 fully saturated rings. The van der Waals surface area contributed by atoms with Crippen LogP contribution < -0.4 is 5.32 Å². The Labute approximate surface area is 63.7 Å². The third-order valence-corrected chi connectivity index (χ3v) is 1.37. The molecule has 60 valence electrons. The fraction of sp³-hybridized carbons (Fsp3) is 0.875. The molecule has 0 saturated heterocycles. The monoisotopic (exact) mass is 142 g/mol. The molecular formula is C8H18N2. The molecule has 0 saturated carbocycles. The first kappa shape index (κ1) is 9.47. The average Bonchev–Trinajstić information content (AvgIpc) is 1.91. The van der Waals surface area contributed by atoms with Crippen LogP contribution in [0.25, 0.3) is 0 Å². The van der Waals surface area contributed by atoms with Crippen molar-refractivity contribution in [2.75, 3.05) is 6.54 Å². The first-order chi connectivity index (χ1) is 4.79. The van der Waals surface area contributed by atoms with Gasteiger partial charge in [-0.2, -0.15) is 0 Å². The second-order valence-corrected chi connectivity index (χ2v) is 2.30. The number of aliphatic imine (C=N–C) groups is 1. The van der Waals surface area contributed by atoms with Gasteiger partial charge in [0.05, 0.1) is 5.84 Å². The maximum atomic E-state index is 4.19. The predicted octanol–water partition coefficient (Wildman–Crippen LogP) is 1.81.